The Labute approximate surface area is 196 Å². The van der Waals surface area contributed by atoms with E-state index < -0.39 is 0 Å². The lowest BCUT2D eigenvalue weighted by atomic mass is 9.96. The summed E-state index contributed by atoms with van der Waals surface area (Å²) >= 11 is 0. The topological polar surface area (TPSA) is 61.8 Å². The van der Waals surface area contributed by atoms with E-state index in [0.717, 1.165) is 49.9 Å². The van der Waals surface area contributed by atoms with E-state index in [1.807, 2.05) is 37.5 Å². The van der Waals surface area contributed by atoms with E-state index in [1.165, 1.54) is 5.56 Å². The SMILES string of the molecule is CN=C(NC1CCN(c2ccccn2)CC1)NC1CC1(C)c1ccccc1OC.I. The molecule has 2 heterocycles. The number of benzene rings is 1. The monoisotopic (exact) mass is 521 g/mol. The van der Waals surface area contributed by atoms with Crippen molar-refractivity contribution >= 4 is 35.8 Å². The van der Waals surface area contributed by atoms with Crippen molar-refractivity contribution in [1.82, 2.24) is 15.6 Å². The first-order valence-electron chi connectivity index (χ1n) is 10.4. The number of ether oxygens (including phenoxy) is 1. The second kappa shape index (κ2) is 9.85. The number of piperidine rings is 1. The van der Waals surface area contributed by atoms with E-state index in [2.05, 4.69) is 50.6 Å². The number of halogens is 1. The van der Waals surface area contributed by atoms with Crippen LogP contribution in [-0.4, -0.2) is 50.3 Å². The number of para-hydroxylation sites is 1. The number of pyridine rings is 1. The Hall–Kier alpha value is -2.03. The summed E-state index contributed by atoms with van der Waals surface area (Å²) in [4.78, 5) is 11.3. The van der Waals surface area contributed by atoms with Gasteiger partial charge in [0, 0.05) is 49.4 Å². The maximum absolute atomic E-state index is 5.58. The highest BCUT2D eigenvalue weighted by Gasteiger charge is 2.53. The first-order valence-corrected chi connectivity index (χ1v) is 10.4. The number of hydrogen-bond donors (Lipinski definition) is 2. The van der Waals surface area contributed by atoms with Crippen molar-refractivity contribution in [1.29, 1.82) is 0 Å². The van der Waals surface area contributed by atoms with Crippen LogP contribution >= 0.6 is 24.0 Å². The van der Waals surface area contributed by atoms with E-state index in [4.69, 9.17) is 4.74 Å². The minimum atomic E-state index is 0. The molecule has 0 radical (unpaired) electrons. The van der Waals surface area contributed by atoms with Crippen molar-refractivity contribution in [2.45, 2.75) is 43.7 Å². The molecule has 2 aromatic rings. The van der Waals surface area contributed by atoms with Crippen LogP contribution in [0, 0.1) is 0 Å². The number of aliphatic imine (C=N–C) groups is 1. The van der Waals surface area contributed by atoms with Crippen LogP contribution in [0.25, 0.3) is 0 Å². The summed E-state index contributed by atoms with van der Waals surface area (Å²) in [7, 11) is 3.59. The van der Waals surface area contributed by atoms with Crippen molar-refractivity contribution in [2.24, 2.45) is 4.99 Å². The number of rotatable bonds is 5. The van der Waals surface area contributed by atoms with Crippen LogP contribution in [0.15, 0.2) is 53.7 Å². The Morgan fingerprint density at radius 1 is 1.13 bits per heavy atom. The summed E-state index contributed by atoms with van der Waals surface area (Å²) in [6, 6.07) is 15.2. The fourth-order valence-corrected chi connectivity index (χ4v) is 4.31. The van der Waals surface area contributed by atoms with Gasteiger partial charge in [0.2, 0.25) is 0 Å². The summed E-state index contributed by atoms with van der Waals surface area (Å²) in [5.74, 6) is 2.92. The molecule has 1 aromatic heterocycles. The summed E-state index contributed by atoms with van der Waals surface area (Å²) in [6.07, 6.45) is 5.09. The van der Waals surface area contributed by atoms with Gasteiger partial charge in [0.15, 0.2) is 5.96 Å². The Bertz CT molecular complexity index is 854. The third-order valence-electron chi connectivity index (χ3n) is 6.30. The maximum atomic E-state index is 5.58. The summed E-state index contributed by atoms with van der Waals surface area (Å²) in [5, 5.41) is 7.26. The molecule has 2 N–H and O–H groups in total. The van der Waals surface area contributed by atoms with Crippen LogP contribution in [0.3, 0.4) is 0 Å². The lowest BCUT2D eigenvalue weighted by Crippen LogP contribution is -2.50. The van der Waals surface area contributed by atoms with Gasteiger partial charge in [-0.3, -0.25) is 4.99 Å². The van der Waals surface area contributed by atoms with Crippen molar-refractivity contribution in [3.8, 4) is 5.75 Å². The zero-order valence-electron chi connectivity index (χ0n) is 18.0. The van der Waals surface area contributed by atoms with Crippen LogP contribution in [-0.2, 0) is 5.41 Å². The normalized spacial score (nSPS) is 24.0. The Morgan fingerprint density at radius 3 is 2.53 bits per heavy atom. The van der Waals surface area contributed by atoms with Gasteiger partial charge in [0.05, 0.1) is 7.11 Å². The van der Waals surface area contributed by atoms with Crippen LogP contribution in [0.5, 0.6) is 5.75 Å². The third-order valence-corrected chi connectivity index (χ3v) is 6.30. The lowest BCUT2D eigenvalue weighted by Gasteiger charge is -2.34. The van der Waals surface area contributed by atoms with Gasteiger partial charge in [-0.2, -0.15) is 0 Å². The molecule has 4 rings (SSSR count). The van der Waals surface area contributed by atoms with Crippen molar-refractivity contribution < 1.29 is 4.74 Å². The second-order valence-corrected chi connectivity index (χ2v) is 8.18. The molecule has 1 aromatic carbocycles. The molecule has 30 heavy (non-hydrogen) atoms. The zero-order valence-corrected chi connectivity index (χ0v) is 20.3. The maximum Gasteiger partial charge on any atom is 0.191 e. The van der Waals surface area contributed by atoms with E-state index in [-0.39, 0.29) is 29.4 Å². The van der Waals surface area contributed by atoms with Gasteiger partial charge in [-0.25, -0.2) is 4.98 Å². The molecule has 6 nitrogen and oxygen atoms in total. The number of hydrogen-bond acceptors (Lipinski definition) is 4. The Morgan fingerprint density at radius 2 is 1.87 bits per heavy atom. The van der Waals surface area contributed by atoms with Crippen molar-refractivity contribution in [3.05, 3.63) is 54.2 Å². The predicted molar refractivity (Wildman–Crippen MR) is 133 cm³/mol. The van der Waals surface area contributed by atoms with E-state index in [1.54, 1.807) is 7.11 Å². The molecule has 7 heteroatoms. The molecule has 1 aliphatic carbocycles. The molecule has 2 fully saturated rings. The van der Waals surface area contributed by atoms with E-state index in [0.29, 0.717) is 12.1 Å². The van der Waals surface area contributed by atoms with Gasteiger partial charge < -0.3 is 20.3 Å². The fourth-order valence-electron chi connectivity index (χ4n) is 4.31. The number of nitrogens with one attached hydrogen (secondary N) is 2. The van der Waals surface area contributed by atoms with Gasteiger partial charge in [-0.1, -0.05) is 31.2 Å². The molecule has 2 aliphatic rings. The molecular formula is C23H32IN5O. The van der Waals surface area contributed by atoms with Gasteiger partial charge in [0.25, 0.3) is 0 Å². The summed E-state index contributed by atoms with van der Waals surface area (Å²) in [6.45, 7) is 4.31. The number of guanidine groups is 1. The molecule has 1 aliphatic heterocycles. The van der Waals surface area contributed by atoms with Gasteiger partial charge in [-0.15, -0.1) is 24.0 Å². The number of anilines is 1. The van der Waals surface area contributed by atoms with Crippen LogP contribution in [0.2, 0.25) is 0 Å². The summed E-state index contributed by atoms with van der Waals surface area (Å²) < 4.78 is 5.58. The molecule has 0 spiro atoms. The smallest absolute Gasteiger partial charge is 0.191 e. The van der Waals surface area contributed by atoms with Crippen molar-refractivity contribution in [3.63, 3.8) is 0 Å². The molecule has 162 valence electrons. The number of methoxy groups -OCH3 is 1. The van der Waals surface area contributed by atoms with Gasteiger partial charge >= 0.3 is 0 Å². The number of aromatic nitrogens is 1. The molecule has 1 saturated carbocycles. The van der Waals surface area contributed by atoms with Crippen LogP contribution < -0.4 is 20.3 Å². The number of nitrogens with zero attached hydrogens (tertiary/aromatic N) is 3. The highest BCUT2D eigenvalue weighted by atomic mass is 127. The molecule has 2 unspecified atom stereocenters. The largest absolute Gasteiger partial charge is 0.496 e. The van der Waals surface area contributed by atoms with E-state index in [9.17, 15) is 0 Å². The van der Waals surface area contributed by atoms with Crippen LogP contribution in [0.1, 0.15) is 31.7 Å². The minimum absolute atomic E-state index is 0. The predicted octanol–water partition coefficient (Wildman–Crippen LogP) is 3.57. The second-order valence-electron chi connectivity index (χ2n) is 8.18. The highest BCUT2D eigenvalue weighted by molar-refractivity contribution is 14.0. The van der Waals surface area contributed by atoms with E-state index >= 15 is 0 Å². The van der Waals surface area contributed by atoms with Gasteiger partial charge in [-0.05, 0) is 37.5 Å². The zero-order chi connectivity index (χ0) is 20.3. The fraction of sp³-hybridized carbons (Fsp3) is 0.478. The average molecular weight is 521 g/mol. The minimum Gasteiger partial charge on any atom is -0.496 e. The molecular weight excluding hydrogens is 489 g/mol. The average Bonchev–Trinajstić information content (AvgIpc) is 3.44. The molecule has 0 amide bonds. The summed E-state index contributed by atoms with van der Waals surface area (Å²) in [5.41, 5.74) is 1.34. The highest BCUT2D eigenvalue weighted by Crippen LogP contribution is 2.50. The van der Waals surface area contributed by atoms with Crippen LogP contribution in [0.4, 0.5) is 5.82 Å². The quantitative estimate of drug-likeness (QED) is 0.358. The first kappa shape index (κ1) is 22.7. The molecule has 2 atom stereocenters. The first-order chi connectivity index (χ1) is 14.1. The Balaban J connectivity index is 0.00000256. The molecule has 1 saturated heterocycles. The van der Waals surface area contributed by atoms with Crippen molar-refractivity contribution in [2.75, 3.05) is 32.1 Å². The third kappa shape index (κ3) is 4.82. The Kier molecular flexibility index (Phi) is 7.44. The molecule has 0 bridgehead atoms. The van der Waals surface area contributed by atoms with Gasteiger partial charge in [0.1, 0.15) is 11.6 Å². The lowest BCUT2D eigenvalue weighted by molar-refractivity contribution is 0.404. The standard InChI is InChI=1S/C23H31N5O.HI/c1-23(18-8-4-5-9-19(18)29-3)16-20(23)27-22(24-2)26-17-11-14-28(15-12-17)21-10-6-7-13-25-21;/h4-10,13,17,20H,11-12,14-16H2,1-3H3,(H2,24,26,27);1H.